The van der Waals surface area contributed by atoms with Crippen LogP contribution < -0.4 is 10.1 Å². The minimum atomic E-state index is 0.696. The SMILES string of the molecule is Cc1c(Br)cccc1OCCC1CC2(CCNCC2)C1. The molecule has 1 heterocycles. The van der Waals surface area contributed by atoms with E-state index in [2.05, 4.69) is 40.3 Å². The first-order valence-electron chi connectivity index (χ1n) is 7.77. The Morgan fingerprint density at radius 3 is 2.80 bits per heavy atom. The monoisotopic (exact) mass is 337 g/mol. The Hall–Kier alpha value is -0.540. The van der Waals surface area contributed by atoms with Gasteiger partial charge in [0.1, 0.15) is 5.75 Å². The van der Waals surface area contributed by atoms with Crippen molar-refractivity contribution < 1.29 is 4.74 Å². The van der Waals surface area contributed by atoms with Gasteiger partial charge >= 0.3 is 0 Å². The molecule has 1 saturated carbocycles. The molecule has 110 valence electrons. The van der Waals surface area contributed by atoms with Crippen molar-refractivity contribution in [1.82, 2.24) is 5.32 Å². The topological polar surface area (TPSA) is 21.3 Å². The minimum Gasteiger partial charge on any atom is -0.493 e. The van der Waals surface area contributed by atoms with Crippen molar-refractivity contribution in [3.63, 3.8) is 0 Å². The summed E-state index contributed by atoms with van der Waals surface area (Å²) < 4.78 is 7.09. The molecular formula is C17H24BrNO. The lowest BCUT2D eigenvalue weighted by Gasteiger charge is -2.50. The van der Waals surface area contributed by atoms with Crippen LogP contribution in [0.2, 0.25) is 0 Å². The third-order valence-electron chi connectivity index (χ3n) is 5.11. The molecule has 0 aromatic heterocycles. The van der Waals surface area contributed by atoms with Gasteiger partial charge in [0, 0.05) is 10.0 Å². The summed E-state index contributed by atoms with van der Waals surface area (Å²) in [6.45, 7) is 5.41. The maximum Gasteiger partial charge on any atom is 0.123 e. The van der Waals surface area contributed by atoms with E-state index >= 15 is 0 Å². The summed E-state index contributed by atoms with van der Waals surface area (Å²) in [6.07, 6.45) is 6.83. The van der Waals surface area contributed by atoms with Gasteiger partial charge in [0.05, 0.1) is 6.61 Å². The van der Waals surface area contributed by atoms with E-state index in [1.807, 2.05) is 6.07 Å². The fourth-order valence-corrected chi connectivity index (χ4v) is 4.16. The van der Waals surface area contributed by atoms with Gasteiger partial charge in [-0.25, -0.2) is 0 Å². The molecule has 1 aromatic rings. The zero-order valence-electron chi connectivity index (χ0n) is 12.3. The van der Waals surface area contributed by atoms with Crippen molar-refractivity contribution in [2.24, 2.45) is 11.3 Å². The Morgan fingerprint density at radius 2 is 2.05 bits per heavy atom. The lowest BCUT2D eigenvalue weighted by atomic mass is 9.57. The molecule has 0 atom stereocenters. The number of ether oxygens (including phenoxy) is 1. The summed E-state index contributed by atoms with van der Waals surface area (Å²) in [5.41, 5.74) is 1.90. The molecule has 3 heteroatoms. The first-order valence-corrected chi connectivity index (χ1v) is 8.56. The predicted octanol–water partition coefficient (Wildman–Crippen LogP) is 4.31. The number of hydrogen-bond donors (Lipinski definition) is 1. The second-order valence-electron chi connectivity index (χ2n) is 6.52. The fraction of sp³-hybridized carbons (Fsp3) is 0.647. The summed E-state index contributed by atoms with van der Waals surface area (Å²) in [5.74, 6) is 1.91. The highest BCUT2D eigenvalue weighted by Gasteiger charge is 2.43. The fourth-order valence-electron chi connectivity index (χ4n) is 3.81. The average Bonchev–Trinajstić information content (AvgIpc) is 2.43. The van der Waals surface area contributed by atoms with E-state index in [-0.39, 0.29) is 0 Å². The molecule has 0 radical (unpaired) electrons. The number of piperidine rings is 1. The van der Waals surface area contributed by atoms with E-state index in [4.69, 9.17) is 4.74 Å². The van der Waals surface area contributed by atoms with Crippen molar-refractivity contribution in [3.8, 4) is 5.75 Å². The molecule has 1 aliphatic carbocycles. The van der Waals surface area contributed by atoms with Crippen LogP contribution in [0.5, 0.6) is 5.75 Å². The molecule has 1 N–H and O–H groups in total. The molecule has 1 aromatic carbocycles. The van der Waals surface area contributed by atoms with E-state index in [0.717, 1.165) is 22.7 Å². The van der Waals surface area contributed by atoms with Crippen LogP contribution in [-0.2, 0) is 0 Å². The quantitative estimate of drug-likeness (QED) is 0.883. The molecule has 3 rings (SSSR count). The molecule has 1 saturated heterocycles. The zero-order valence-corrected chi connectivity index (χ0v) is 13.8. The van der Waals surface area contributed by atoms with Crippen LogP contribution >= 0.6 is 15.9 Å². The number of rotatable bonds is 4. The predicted molar refractivity (Wildman–Crippen MR) is 86.3 cm³/mol. The van der Waals surface area contributed by atoms with Crippen molar-refractivity contribution in [3.05, 3.63) is 28.2 Å². The Bertz CT molecular complexity index is 460. The van der Waals surface area contributed by atoms with E-state index < -0.39 is 0 Å². The lowest BCUT2D eigenvalue weighted by molar-refractivity contribution is 0.0112. The van der Waals surface area contributed by atoms with Crippen molar-refractivity contribution in [2.75, 3.05) is 19.7 Å². The second-order valence-corrected chi connectivity index (χ2v) is 7.38. The van der Waals surface area contributed by atoms with Gasteiger partial charge in [-0.3, -0.25) is 0 Å². The van der Waals surface area contributed by atoms with E-state index in [1.54, 1.807) is 0 Å². The van der Waals surface area contributed by atoms with Crippen LogP contribution in [0, 0.1) is 18.3 Å². The van der Waals surface area contributed by atoms with Gasteiger partial charge in [-0.1, -0.05) is 22.0 Å². The molecule has 2 fully saturated rings. The highest BCUT2D eigenvalue weighted by molar-refractivity contribution is 9.10. The third kappa shape index (κ3) is 3.04. The molecular weight excluding hydrogens is 314 g/mol. The van der Waals surface area contributed by atoms with Crippen LogP contribution in [0.1, 0.15) is 37.7 Å². The van der Waals surface area contributed by atoms with Gasteiger partial charge < -0.3 is 10.1 Å². The minimum absolute atomic E-state index is 0.696. The standard InChI is InChI=1S/C17H24BrNO/c1-13-15(18)3-2-4-16(13)20-10-5-14-11-17(12-14)6-8-19-9-7-17/h2-4,14,19H,5-12H2,1H3. The van der Waals surface area contributed by atoms with Crippen molar-refractivity contribution >= 4 is 15.9 Å². The molecule has 0 amide bonds. The molecule has 20 heavy (non-hydrogen) atoms. The number of hydrogen-bond acceptors (Lipinski definition) is 2. The largest absolute Gasteiger partial charge is 0.493 e. The molecule has 1 aliphatic heterocycles. The molecule has 2 nitrogen and oxygen atoms in total. The van der Waals surface area contributed by atoms with Gasteiger partial charge in [0.2, 0.25) is 0 Å². The van der Waals surface area contributed by atoms with Crippen LogP contribution in [0.25, 0.3) is 0 Å². The van der Waals surface area contributed by atoms with Crippen molar-refractivity contribution in [2.45, 2.75) is 39.0 Å². The lowest BCUT2D eigenvalue weighted by Crippen LogP contribution is -2.45. The maximum absolute atomic E-state index is 5.96. The van der Waals surface area contributed by atoms with Crippen LogP contribution in [0.15, 0.2) is 22.7 Å². The highest BCUT2D eigenvalue weighted by atomic mass is 79.9. The molecule has 1 spiro atoms. The van der Waals surface area contributed by atoms with Crippen LogP contribution in [0.4, 0.5) is 0 Å². The summed E-state index contributed by atoms with van der Waals surface area (Å²) in [7, 11) is 0. The van der Waals surface area contributed by atoms with E-state index in [1.165, 1.54) is 50.8 Å². The zero-order chi connectivity index (χ0) is 14.0. The summed E-state index contributed by atoms with van der Waals surface area (Å²) in [5, 5.41) is 3.47. The van der Waals surface area contributed by atoms with Crippen LogP contribution in [0.3, 0.4) is 0 Å². The Kier molecular flexibility index (Phi) is 4.37. The highest BCUT2D eigenvalue weighted by Crippen LogP contribution is 2.52. The summed E-state index contributed by atoms with van der Waals surface area (Å²) in [6, 6.07) is 6.17. The first kappa shape index (κ1) is 14.4. The maximum atomic E-state index is 5.96. The Labute approximate surface area is 130 Å². The molecule has 0 unspecified atom stereocenters. The number of nitrogens with one attached hydrogen (secondary N) is 1. The van der Waals surface area contributed by atoms with Gasteiger partial charge in [-0.15, -0.1) is 0 Å². The van der Waals surface area contributed by atoms with Gasteiger partial charge in [-0.2, -0.15) is 0 Å². The van der Waals surface area contributed by atoms with Gasteiger partial charge in [0.25, 0.3) is 0 Å². The Balaban J connectivity index is 1.42. The first-order chi connectivity index (χ1) is 9.69. The molecule has 2 aliphatic rings. The van der Waals surface area contributed by atoms with E-state index in [9.17, 15) is 0 Å². The number of halogens is 1. The smallest absolute Gasteiger partial charge is 0.123 e. The number of benzene rings is 1. The summed E-state index contributed by atoms with van der Waals surface area (Å²) >= 11 is 3.55. The summed E-state index contributed by atoms with van der Waals surface area (Å²) in [4.78, 5) is 0. The van der Waals surface area contributed by atoms with E-state index in [0.29, 0.717) is 5.41 Å². The van der Waals surface area contributed by atoms with Gasteiger partial charge in [-0.05, 0) is 75.6 Å². The molecule has 0 bridgehead atoms. The van der Waals surface area contributed by atoms with Crippen molar-refractivity contribution in [1.29, 1.82) is 0 Å². The average molecular weight is 338 g/mol. The van der Waals surface area contributed by atoms with Gasteiger partial charge in [0.15, 0.2) is 0 Å². The normalized spacial score (nSPS) is 21.7. The Morgan fingerprint density at radius 1 is 1.30 bits per heavy atom. The van der Waals surface area contributed by atoms with Crippen LogP contribution in [-0.4, -0.2) is 19.7 Å². The second kappa shape index (κ2) is 6.07. The third-order valence-corrected chi connectivity index (χ3v) is 5.97.